The summed E-state index contributed by atoms with van der Waals surface area (Å²) in [4.78, 5) is 2.06. The highest BCUT2D eigenvalue weighted by Crippen LogP contribution is 2.14. The predicted molar refractivity (Wildman–Crippen MR) is 64.8 cm³/mol. The summed E-state index contributed by atoms with van der Waals surface area (Å²) in [6, 6.07) is 0. The molecule has 1 saturated heterocycles. The summed E-state index contributed by atoms with van der Waals surface area (Å²) in [5, 5.41) is -0.529. The molecule has 0 unspecified atom stereocenters. The van der Waals surface area contributed by atoms with Gasteiger partial charge in [0.1, 0.15) is 0 Å². The molecule has 15 heavy (non-hydrogen) atoms. The largest absolute Gasteiger partial charge is 0.306 e. The highest BCUT2D eigenvalue weighted by molar-refractivity contribution is 7.86. The van der Waals surface area contributed by atoms with Crippen molar-refractivity contribution in [1.82, 2.24) is 4.90 Å². The maximum absolute atomic E-state index is 10.6. The molecule has 1 aliphatic rings. The summed E-state index contributed by atoms with van der Waals surface area (Å²) in [6.07, 6.45) is 1.10. The number of piperidine rings is 1. The molecule has 4 nitrogen and oxygen atoms in total. The molecule has 0 bridgehead atoms. The molecule has 1 N–H and O–H groups in total. The molecule has 5 heteroatoms. The van der Waals surface area contributed by atoms with Crippen LogP contribution in [0.3, 0.4) is 0 Å². The maximum Gasteiger partial charge on any atom is 0.267 e. The van der Waals surface area contributed by atoms with Crippen LogP contribution in [0, 0.1) is 0 Å². The van der Waals surface area contributed by atoms with Crippen LogP contribution >= 0.6 is 0 Å². The minimum atomic E-state index is -3.78. The standard InChI is InChI=1S/C6H13NO3S.2C2H6/c1-7-4-2-6(3-5-7)11(8,9)10;2*1-2/h6H,2-5H2,1H3,(H,8,9,10);2*1-2H3. The van der Waals surface area contributed by atoms with Crippen LogP contribution in [0.5, 0.6) is 0 Å². The van der Waals surface area contributed by atoms with Gasteiger partial charge in [0.15, 0.2) is 0 Å². The molecule has 1 aliphatic heterocycles. The van der Waals surface area contributed by atoms with Gasteiger partial charge in [0, 0.05) is 0 Å². The Morgan fingerprint density at radius 3 is 1.67 bits per heavy atom. The third-order valence-corrected chi connectivity index (χ3v) is 3.40. The molecule has 0 aliphatic carbocycles. The average molecular weight is 239 g/mol. The molecular weight excluding hydrogens is 214 g/mol. The second-order valence-corrected chi connectivity index (χ2v) is 4.71. The molecule has 1 fully saturated rings. The summed E-state index contributed by atoms with van der Waals surface area (Å²) in [6.45, 7) is 9.51. The average Bonchev–Trinajstić information content (AvgIpc) is 2.23. The van der Waals surface area contributed by atoms with Gasteiger partial charge in [-0.3, -0.25) is 4.55 Å². The van der Waals surface area contributed by atoms with E-state index >= 15 is 0 Å². The molecule has 0 amide bonds. The zero-order valence-corrected chi connectivity index (χ0v) is 11.3. The Kier molecular flexibility index (Phi) is 10.5. The lowest BCUT2D eigenvalue weighted by Crippen LogP contribution is -2.36. The summed E-state index contributed by atoms with van der Waals surface area (Å²) in [5.74, 6) is 0. The van der Waals surface area contributed by atoms with E-state index in [1.165, 1.54) is 0 Å². The molecule has 1 heterocycles. The quantitative estimate of drug-likeness (QED) is 0.711. The molecule has 0 radical (unpaired) electrons. The van der Waals surface area contributed by atoms with Gasteiger partial charge < -0.3 is 4.90 Å². The Morgan fingerprint density at radius 2 is 1.40 bits per heavy atom. The number of hydrogen-bond donors (Lipinski definition) is 1. The van der Waals surface area contributed by atoms with E-state index in [1.54, 1.807) is 0 Å². The van der Waals surface area contributed by atoms with Crippen molar-refractivity contribution in [2.24, 2.45) is 0 Å². The number of nitrogens with zero attached hydrogens (tertiary/aromatic N) is 1. The molecule has 0 spiro atoms. The van der Waals surface area contributed by atoms with E-state index in [2.05, 4.69) is 4.90 Å². The van der Waals surface area contributed by atoms with E-state index in [-0.39, 0.29) is 0 Å². The maximum atomic E-state index is 10.6. The van der Waals surface area contributed by atoms with Gasteiger partial charge in [0.25, 0.3) is 10.1 Å². The first-order valence-corrected chi connectivity index (χ1v) is 7.15. The van der Waals surface area contributed by atoms with Gasteiger partial charge in [0.2, 0.25) is 0 Å². The zero-order valence-electron chi connectivity index (χ0n) is 10.5. The summed E-state index contributed by atoms with van der Waals surface area (Å²) in [7, 11) is -1.83. The minimum absolute atomic E-state index is 0.529. The van der Waals surface area contributed by atoms with Crippen LogP contribution in [0.25, 0.3) is 0 Å². The summed E-state index contributed by atoms with van der Waals surface area (Å²) >= 11 is 0. The molecule has 1 rings (SSSR count). The fourth-order valence-corrected chi connectivity index (χ4v) is 2.09. The van der Waals surface area contributed by atoms with E-state index < -0.39 is 15.4 Å². The van der Waals surface area contributed by atoms with E-state index in [1.807, 2.05) is 34.7 Å². The van der Waals surface area contributed by atoms with Gasteiger partial charge in [0.05, 0.1) is 5.25 Å². The van der Waals surface area contributed by atoms with Gasteiger partial charge in [-0.25, -0.2) is 0 Å². The smallest absolute Gasteiger partial charge is 0.267 e. The molecule has 94 valence electrons. The number of likely N-dealkylation sites (tertiary alicyclic amines) is 1. The first-order valence-electron chi connectivity index (χ1n) is 5.65. The first-order chi connectivity index (χ1) is 7.00. The van der Waals surface area contributed by atoms with Crippen LogP contribution in [-0.2, 0) is 10.1 Å². The third kappa shape index (κ3) is 7.76. The zero-order chi connectivity index (χ0) is 12.5. The van der Waals surface area contributed by atoms with Crippen molar-refractivity contribution in [3.63, 3.8) is 0 Å². The monoisotopic (exact) mass is 239 g/mol. The Hall–Kier alpha value is -0.130. The van der Waals surface area contributed by atoms with Crippen LogP contribution in [0.15, 0.2) is 0 Å². The van der Waals surface area contributed by atoms with Crippen LogP contribution < -0.4 is 0 Å². The third-order valence-electron chi connectivity index (χ3n) is 2.09. The lowest BCUT2D eigenvalue weighted by Gasteiger charge is -2.26. The molecule has 0 aromatic rings. The summed E-state index contributed by atoms with van der Waals surface area (Å²) < 4.78 is 29.9. The topological polar surface area (TPSA) is 57.6 Å². The fraction of sp³-hybridized carbons (Fsp3) is 1.00. The van der Waals surface area contributed by atoms with E-state index in [0.29, 0.717) is 12.8 Å². The second-order valence-electron chi connectivity index (χ2n) is 3.02. The fourth-order valence-electron chi connectivity index (χ4n) is 1.28. The molecule has 0 aromatic carbocycles. The lowest BCUT2D eigenvalue weighted by molar-refractivity contribution is 0.272. The predicted octanol–water partition coefficient (Wildman–Crippen LogP) is 2.02. The van der Waals surface area contributed by atoms with Crippen molar-refractivity contribution < 1.29 is 13.0 Å². The Balaban J connectivity index is 0. The first kappa shape index (κ1) is 17.3. The van der Waals surface area contributed by atoms with Crippen molar-refractivity contribution in [1.29, 1.82) is 0 Å². The van der Waals surface area contributed by atoms with Crippen molar-refractivity contribution in [2.75, 3.05) is 20.1 Å². The Bertz CT molecular complexity index is 219. The van der Waals surface area contributed by atoms with E-state index in [9.17, 15) is 8.42 Å². The molecule has 0 saturated carbocycles. The highest BCUT2D eigenvalue weighted by Gasteiger charge is 2.26. The van der Waals surface area contributed by atoms with Gasteiger partial charge in [-0.15, -0.1) is 0 Å². The molecule has 0 aromatic heterocycles. The molecular formula is C10H25NO3S. The van der Waals surface area contributed by atoms with Crippen molar-refractivity contribution in [3.05, 3.63) is 0 Å². The van der Waals surface area contributed by atoms with Crippen molar-refractivity contribution in [3.8, 4) is 0 Å². The summed E-state index contributed by atoms with van der Waals surface area (Å²) in [5.41, 5.74) is 0. The SMILES string of the molecule is CC.CC.CN1CCC(S(=O)(=O)O)CC1. The van der Waals surface area contributed by atoms with Crippen LogP contribution in [0.1, 0.15) is 40.5 Å². The van der Waals surface area contributed by atoms with E-state index in [4.69, 9.17) is 4.55 Å². The second kappa shape index (κ2) is 9.12. The Morgan fingerprint density at radius 1 is 1.07 bits per heavy atom. The van der Waals surface area contributed by atoms with Crippen LogP contribution in [0.2, 0.25) is 0 Å². The normalized spacial score (nSPS) is 18.3. The number of hydrogen-bond acceptors (Lipinski definition) is 3. The number of rotatable bonds is 1. The van der Waals surface area contributed by atoms with E-state index in [0.717, 1.165) is 13.1 Å². The molecule has 0 atom stereocenters. The lowest BCUT2D eigenvalue weighted by atomic mass is 10.1. The highest BCUT2D eigenvalue weighted by atomic mass is 32.2. The van der Waals surface area contributed by atoms with Crippen molar-refractivity contribution in [2.45, 2.75) is 45.8 Å². The minimum Gasteiger partial charge on any atom is -0.306 e. The van der Waals surface area contributed by atoms with Crippen LogP contribution in [0.4, 0.5) is 0 Å². The van der Waals surface area contributed by atoms with Gasteiger partial charge in [-0.2, -0.15) is 8.42 Å². The van der Waals surface area contributed by atoms with Gasteiger partial charge in [-0.1, -0.05) is 27.7 Å². The van der Waals surface area contributed by atoms with Crippen molar-refractivity contribution >= 4 is 10.1 Å². The van der Waals surface area contributed by atoms with Gasteiger partial charge in [-0.05, 0) is 33.0 Å². The van der Waals surface area contributed by atoms with Gasteiger partial charge >= 0.3 is 0 Å². The Labute approximate surface area is 94.4 Å². The van der Waals surface area contributed by atoms with Crippen LogP contribution in [-0.4, -0.2) is 43.3 Å².